The van der Waals surface area contributed by atoms with Gasteiger partial charge in [0.2, 0.25) is 0 Å². The van der Waals surface area contributed by atoms with Crippen molar-refractivity contribution in [2.45, 2.75) is 110 Å². The minimum atomic E-state index is -0.903. The molecule has 0 aromatic carbocycles. The number of rotatable bonds is 16. The average Bonchev–Trinajstić information content (AvgIpc) is 2.59. The van der Waals surface area contributed by atoms with Crippen LogP contribution in [0.2, 0.25) is 0 Å². The molecule has 4 N–H and O–H groups in total. The molecule has 0 aliphatic heterocycles. The zero-order chi connectivity index (χ0) is 20.3. The molecule has 0 aliphatic carbocycles. The standard InChI is InChI=1S/C18H36O2.2C2H7N.ClH/c1-2-3-4-5-6-7-8-9-10-11-12-13-14-15-16-17-18(19)20;2*1-3-2;/h2-17H2,1H3,(H,19,20);2*3H,1-2H3;1H. The second-order valence-electron chi connectivity index (χ2n) is 7.23. The van der Waals surface area contributed by atoms with Gasteiger partial charge in [0.25, 0.3) is 0 Å². The number of carbonyl (C=O) groups is 1. The van der Waals surface area contributed by atoms with Gasteiger partial charge in [-0.2, -0.15) is 0 Å². The Morgan fingerprint density at radius 3 is 1.04 bits per heavy atom. The van der Waals surface area contributed by atoms with E-state index in [1.165, 1.54) is 83.5 Å². The number of carboxylic acids is 1. The summed E-state index contributed by atoms with van der Waals surface area (Å²) in [4.78, 5) is 10.2. The fourth-order valence-corrected chi connectivity index (χ4v) is 2.64. The summed E-state index contributed by atoms with van der Waals surface area (Å²) in [5.41, 5.74) is 0. The van der Waals surface area contributed by atoms with E-state index < -0.39 is 5.97 Å². The van der Waals surface area contributed by atoms with Gasteiger partial charge in [0, 0.05) is 5.97 Å². The zero-order valence-electron chi connectivity index (χ0n) is 19.2. The Morgan fingerprint density at radius 2 is 0.815 bits per heavy atom. The average molecular weight is 411 g/mol. The minimum absolute atomic E-state index is 0. The normalized spacial score (nSPS) is 9.37. The largest absolute Gasteiger partial charge is 1.00 e. The first-order valence-corrected chi connectivity index (χ1v) is 11.3. The van der Waals surface area contributed by atoms with E-state index in [9.17, 15) is 9.90 Å². The molecule has 168 valence electrons. The van der Waals surface area contributed by atoms with Gasteiger partial charge >= 0.3 is 0 Å². The fourth-order valence-electron chi connectivity index (χ4n) is 2.64. The van der Waals surface area contributed by atoms with Gasteiger partial charge in [0.1, 0.15) is 0 Å². The lowest BCUT2D eigenvalue weighted by Gasteiger charge is -2.04. The summed E-state index contributed by atoms with van der Waals surface area (Å²) in [6, 6.07) is 0. The van der Waals surface area contributed by atoms with Crippen molar-refractivity contribution in [2.75, 3.05) is 28.2 Å². The Bertz CT molecular complexity index is 240. The number of hydrogen-bond donors (Lipinski definition) is 2. The SMILES string of the molecule is CCCCCCCCCCCCCCCCCC(=O)[O-].C[NH2+]C.C[NH2+]C.[Cl-]. The highest BCUT2D eigenvalue weighted by atomic mass is 35.5. The molecule has 0 atom stereocenters. The molecule has 0 amide bonds. The summed E-state index contributed by atoms with van der Waals surface area (Å²) in [5.74, 6) is -0.903. The number of halogens is 1. The molecule has 0 rings (SSSR count). The number of quaternary nitrogens is 2. The van der Waals surface area contributed by atoms with Crippen LogP contribution < -0.4 is 28.1 Å². The Morgan fingerprint density at radius 1 is 0.593 bits per heavy atom. The maximum atomic E-state index is 10.2. The highest BCUT2D eigenvalue weighted by Crippen LogP contribution is 2.13. The monoisotopic (exact) mass is 410 g/mol. The van der Waals surface area contributed by atoms with E-state index in [0.29, 0.717) is 0 Å². The molecule has 5 heteroatoms. The van der Waals surface area contributed by atoms with E-state index in [0.717, 1.165) is 12.8 Å². The number of hydrogen-bond acceptors (Lipinski definition) is 2. The molecule has 27 heavy (non-hydrogen) atoms. The second-order valence-corrected chi connectivity index (χ2v) is 7.23. The quantitative estimate of drug-likeness (QED) is 0.340. The number of unbranched alkanes of at least 4 members (excludes halogenated alkanes) is 14. The summed E-state index contributed by atoms with van der Waals surface area (Å²) in [6.07, 6.45) is 19.9. The molecule has 0 aliphatic rings. The smallest absolute Gasteiger partial charge is 0.0647 e. The van der Waals surface area contributed by atoms with Crippen molar-refractivity contribution in [1.29, 1.82) is 0 Å². The Kier molecular flexibility index (Phi) is 46.3. The molecule has 0 fully saturated rings. The third-order valence-corrected chi connectivity index (χ3v) is 3.98. The van der Waals surface area contributed by atoms with E-state index in [1.54, 1.807) is 0 Å². The van der Waals surface area contributed by atoms with Gasteiger partial charge in [-0.25, -0.2) is 0 Å². The first kappa shape index (κ1) is 34.2. The van der Waals surface area contributed by atoms with Crippen LogP contribution >= 0.6 is 0 Å². The van der Waals surface area contributed by atoms with Crippen molar-refractivity contribution in [3.8, 4) is 0 Å². The third kappa shape index (κ3) is 51.8. The maximum Gasteiger partial charge on any atom is 0.0647 e. The van der Waals surface area contributed by atoms with Crippen molar-refractivity contribution in [3.05, 3.63) is 0 Å². The molecule has 4 nitrogen and oxygen atoms in total. The number of aliphatic carboxylic acids is 1. The summed E-state index contributed by atoms with van der Waals surface area (Å²) >= 11 is 0. The van der Waals surface area contributed by atoms with Crippen LogP contribution in [-0.2, 0) is 4.79 Å². The lowest BCUT2D eigenvalue weighted by atomic mass is 10.0. The van der Waals surface area contributed by atoms with Crippen LogP contribution in [0, 0.1) is 0 Å². The molecule has 0 saturated heterocycles. The molecular weight excluding hydrogens is 360 g/mol. The molecular formula is C22H51ClN2O2. The van der Waals surface area contributed by atoms with E-state index in [1.807, 2.05) is 38.8 Å². The van der Waals surface area contributed by atoms with Crippen LogP contribution in [0.4, 0.5) is 0 Å². The lowest BCUT2D eigenvalue weighted by molar-refractivity contribution is -0.597. The third-order valence-electron chi connectivity index (χ3n) is 3.98. The van der Waals surface area contributed by atoms with E-state index in [2.05, 4.69) is 6.92 Å². The van der Waals surface area contributed by atoms with Crippen LogP contribution in [0.3, 0.4) is 0 Å². The predicted molar refractivity (Wildman–Crippen MR) is 112 cm³/mol. The van der Waals surface area contributed by atoms with Gasteiger partial charge in [-0.15, -0.1) is 0 Å². The minimum Gasteiger partial charge on any atom is -1.00 e. The topological polar surface area (TPSA) is 73.3 Å². The second kappa shape index (κ2) is 36.6. The molecule has 0 radical (unpaired) electrons. The van der Waals surface area contributed by atoms with Crippen LogP contribution in [-0.4, -0.2) is 34.2 Å². The van der Waals surface area contributed by atoms with Gasteiger partial charge in [-0.1, -0.05) is 96.8 Å². The molecule has 0 spiro atoms. The summed E-state index contributed by atoms with van der Waals surface area (Å²) in [7, 11) is 8.00. The molecule has 0 unspecified atom stereocenters. The molecule has 0 aromatic rings. The Hall–Kier alpha value is -0.320. The Labute approximate surface area is 177 Å². The highest BCUT2D eigenvalue weighted by Gasteiger charge is 1.94. The van der Waals surface area contributed by atoms with Crippen molar-refractivity contribution in [1.82, 2.24) is 0 Å². The van der Waals surface area contributed by atoms with Gasteiger partial charge in [0.05, 0.1) is 28.2 Å². The number of nitrogens with two attached hydrogens (primary N) is 2. The van der Waals surface area contributed by atoms with Crippen molar-refractivity contribution in [3.63, 3.8) is 0 Å². The summed E-state index contributed by atoms with van der Waals surface area (Å²) < 4.78 is 0. The van der Waals surface area contributed by atoms with E-state index in [4.69, 9.17) is 0 Å². The Balaban J connectivity index is -0.000000331. The van der Waals surface area contributed by atoms with E-state index in [-0.39, 0.29) is 18.8 Å². The highest BCUT2D eigenvalue weighted by molar-refractivity contribution is 5.63. The van der Waals surface area contributed by atoms with Crippen molar-refractivity contribution < 1.29 is 32.9 Å². The predicted octanol–water partition coefficient (Wildman–Crippen LogP) is -0.379. The molecule has 0 bridgehead atoms. The lowest BCUT2D eigenvalue weighted by Crippen LogP contribution is -3.00. The first-order chi connectivity index (χ1) is 12.6. The fraction of sp³-hybridized carbons (Fsp3) is 0.955. The first-order valence-electron chi connectivity index (χ1n) is 11.3. The molecule has 0 heterocycles. The van der Waals surface area contributed by atoms with Gasteiger partial charge in [-0.05, 0) is 12.8 Å². The van der Waals surface area contributed by atoms with Gasteiger partial charge < -0.3 is 32.9 Å². The van der Waals surface area contributed by atoms with Crippen molar-refractivity contribution >= 4 is 5.97 Å². The zero-order valence-corrected chi connectivity index (χ0v) is 19.9. The van der Waals surface area contributed by atoms with Crippen LogP contribution in [0.5, 0.6) is 0 Å². The molecule has 0 aromatic heterocycles. The van der Waals surface area contributed by atoms with Crippen LogP contribution in [0.15, 0.2) is 0 Å². The van der Waals surface area contributed by atoms with Crippen LogP contribution in [0.1, 0.15) is 110 Å². The van der Waals surface area contributed by atoms with Crippen molar-refractivity contribution in [2.24, 2.45) is 0 Å². The number of carbonyl (C=O) groups excluding carboxylic acids is 1. The van der Waals surface area contributed by atoms with E-state index >= 15 is 0 Å². The summed E-state index contributed by atoms with van der Waals surface area (Å²) in [5, 5.41) is 14.2. The molecule has 0 saturated carbocycles. The van der Waals surface area contributed by atoms with Gasteiger partial charge in [-0.3, -0.25) is 0 Å². The maximum absolute atomic E-state index is 10.2. The number of carboxylic acid groups (broad SMARTS) is 1. The van der Waals surface area contributed by atoms with Crippen LogP contribution in [0.25, 0.3) is 0 Å². The van der Waals surface area contributed by atoms with Gasteiger partial charge in [0.15, 0.2) is 0 Å². The summed E-state index contributed by atoms with van der Waals surface area (Å²) in [6.45, 7) is 2.27.